The summed E-state index contributed by atoms with van der Waals surface area (Å²) >= 11 is 7.08. The van der Waals surface area contributed by atoms with Gasteiger partial charge in [-0.25, -0.2) is 4.98 Å². The number of carbonyl (C=O) groups is 1. The van der Waals surface area contributed by atoms with Crippen LogP contribution >= 0.6 is 23.4 Å². The number of ketones is 1. The second-order valence-electron chi connectivity index (χ2n) is 4.20. The van der Waals surface area contributed by atoms with Gasteiger partial charge in [-0.05, 0) is 24.3 Å². The van der Waals surface area contributed by atoms with Gasteiger partial charge in [-0.1, -0.05) is 29.3 Å². The molecule has 0 aliphatic rings. The van der Waals surface area contributed by atoms with Crippen LogP contribution in [-0.4, -0.2) is 26.2 Å². The van der Waals surface area contributed by atoms with Crippen LogP contribution in [-0.2, 0) is 13.2 Å². The molecule has 0 saturated heterocycles. The molecule has 6 heteroatoms. The SMILES string of the molecule is C#CCn1c(CO)cnc1SCC(=O)c1ccc(Cl)cc1. The normalized spacial score (nSPS) is 10.3. The average molecular weight is 321 g/mol. The minimum Gasteiger partial charge on any atom is -0.390 e. The van der Waals surface area contributed by atoms with Crippen molar-refractivity contribution in [2.75, 3.05) is 5.75 Å². The van der Waals surface area contributed by atoms with Crippen molar-refractivity contribution < 1.29 is 9.90 Å². The third-order valence-electron chi connectivity index (χ3n) is 2.81. The van der Waals surface area contributed by atoms with Crippen molar-refractivity contribution in [2.24, 2.45) is 0 Å². The molecule has 0 bridgehead atoms. The van der Waals surface area contributed by atoms with Gasteiger partial charge in [0.15, 0.2) is 10.9 Å². The molecule has 2 rings (SSSR count). The summed E-state index contributed by atoms with van der Waals surface area (Å²) in [5.74, 6) is 2.74. The average Bonchev–Trinajstić information content (AvgIpc) is 2.88. The molecule has 0 radical (unpaired) electrons. The van der Waals surface area contributed by atoms with E-state index in [0.717, 1.165) is 0 Å². The molecule has 0 aliphatic carbocycles. The summed E-state index contributed by atoms with van der Waals surface area (Å²) < 4.78 is 1.72. The van der Waals surface area contributed by atoms with Gasteiger partial charge in [-0.2, -0.15) is 0 Å². The molecule has 21 heavy (non-hydrogen) atoms. The maximum atomic E-state index is 12.1. The first-order chi connectivity index (χ1) is 10.2. The van der Waals surface area contributed by atoms with Gasteiger partial charge in [0.25, 0.3) is 0 Å². The van der Waals surface area contributed by atoms with Crippen molar-refractivity contribution in [2.45, 2.75) is 18.3 Å². The molecule has 1 aromatic carbocycles. The van der Waals surface area contributed by atoms with Crippen molar-refractivity contribution in [3.8, 4) is 12.3 Å². The van der Waals surface area contributed by atoms with Crippen molar-refractivity contribution in [1.82, 2.24) is 9.55 Å². The molecular formula is C15H13ClN2O2S. The molecule has 0 amide bonds. The van der Waals surface area contributed by atoms with Gasteiger partial charge in [0, 0.05) is 10.6 Å². The number of hydrogen-bond donors (Lipinski definition) is 1. The van der Waals surface area contributed by atoms with E-state index in [2.05, 4.69) is 10.9 Å². The second-order valence-corrected chi connectivity index (χ2v) is 5.58. The number of imidazole rings is 1. The summed E-state index contributed by atoms with van der Waals surface area (Å²) in [7, 11) is 0. The Morgan fingerprint density at radius 2 is 2.14 bits per heavy atom. The van der Waals surface area contributed by atoms with Crippen LogP contribution in [0.1, 0.15) is 16.1 Å². The van der Waals surface area contributed by atoms with Crippen molar-refractivity contribution in [3.63, 3.8) is 0 Å². The number of aliphatic hydroxyl groups excluding tert-OH is 1. The van der Waals surface area contributed by atoms with Gasteiger partial charge >= 0.3 is 0 Å². The Labute approximate surface area is 132 Å². The first kappa shape index (κ1) is 15.6. The molecule has 4 nitrogen and oxygen atoms in total. The highest BCUT2D eigenvalue weighted by molar-refractivity contribution is 7.99. The maximum absolute atomic E-state index is 12.1. The first-order valence-corrected chi connectivity index (χ1v) is 7.52. The lowest BCUT2D eigenvalue weighted by Crippen LogP contribution is -2.06. The number of nitrogens with zero attached hydrogens (tertiary/aromatic N) is 2. The van der Waals surface area contributed by atoms with Crippen molar-refractivity contribution >= 4 is 29.1 Å². The Morgan fingerprint density at radius 3 is 2.76 bits per heavy atom. The molecule has 1 heterocycles. The number of rotatable bonds is 6. The standard InChI is InChI=1S/C15H13ClN2O2S/c1-2-7-18-13(9-19)8-17-15(18)21-10-14(20)11-3-5-12(16)6-4-11/h1,3-6,8,19H,7,9-10H2. The van der Waals surface area contributed by atoms with Crippen LogP contribution in [0.5, 0.6) is 0 Å². The molecular weight excluding hydrogens is 308 g/mol. The number of benzene rings is 1. The number of terminal acetylenes is 1. The summed E-state index contributed by atoms with van der Waals surface area (Å²) in [5, 5.41) is 10.4. The van der Waals surface area contributed by atoms with E-state index < -0.39 is 0 Å². The first-order valence-electron chi connectivity index (χ1n) is 6.16. The fourth-order valence-corrected chi connectivity index (χ4v) is 2.76. The van der Waals surface area contributed by atoms with Gasteiger partial charge in [0.05, 0.1) is 30.8 Å². The molecule has 0 saturated carbocycles. The van der Waals surface area contributed by atoms with E-state index in [0.29, 0.717) is 28.0 Å². The van der Waals surface area contributed by atoms with Crippen LogP contribution in [0.25, 0.3) is 0 Å². The number of thioether (sulfide) groups is 1. The van der Waals surface area contributed by atoms with E-state index in [4.69, 9.17) is 18.0 Å². The number of aliphatic hydroxyl groups is 1. The molecule has 0 atom stereocenters. The third-order valence-corrected chi connectivity index (χ3v) is 4.05. The second kappa shape index (κ2) is 7.32. The maximum Gasteiger partial charge on any atom is 0.173 e. The molecule has 2 aromatic rings. The van der Waals surface area contributed by atoms with Crippen molar-refractivity contribution in [1.29, 1.82) is 0 Å². The molecule has 0 aliphatic heterocycles. The highest BCUT2D eigenvalue weighted by atomic mass is 35.5. The molecule has 0 fully saturated rings. The van der Waals surface area contributed by atoms with Crippen LogP contribution in [0, 0.1) is 12.3 Å². The highest BCUT2D eigenvalue weighted by Crippen LogP contribution is 2.20. The predicted molar refractivity (Wildman–Crippen MR) is 83.5 cm³/mol. The van der Waals surface area contributed by atoms with Gasteiger partial charge in [-0.3, -0.25) is 4.79 Å². The summed E-state index contributed by atoms with van der Waals surface area (Å²) in [6.45, 7) is 0.174. The third kappa shape index (κ3) is 3.88. The molecule has 108 valence electrons. The zero-order valence-electron chi connectivity index (χ0n) is 11.1. The lowest BCUT2D eigenvalue weighted by Gasteiger charge is -2.06. The Morgan fingerprint density at radius 1 is 1.43 bits per heavy atom. The Kier molecular flexibility index (Phi) is 5.45. The van der Waals surface area contributed by atoms with Crippen LogP contribution in [0.15, 0.2) is 35.6 Å². The number of halogens is 1. The fraction of sp³-hybridized carbons (Fsp3) is 0.200. The minimum atomic E-state index is -0.139. The van der Waals surface area contributed by atoms with Gasteiger partial charge in [0.1, 0.15) is 0 Å². The summed E-state index contributed by atoms with van der Waals surface area (Å²) in [4.78, 5) is 16.3. The van der Waals surface area contributed by atoms with E-state index >= 15 is 0 Å². The summed E-state index contributed by atoms with van der Waals surface area (Å²) in [6.07, 6.45) is 6.87. The fourth-order valence-electron chi connectivity index (χ4n) is 1.74. The minimum absolute atomic E-state index is 0.0162. The molecule has 0 unspecified atom stereocenters. The van der Waals surface area contributed by atoms with Crippen LogP contribution < -0.4 is 0 Å². The Hall–Kier alpha value is -1.74. The van der Waals surface area contributed by atoms with E-state index in [1.165, 1.54) is 11.8 Å². The van der Waals surface area contributed by atoms with Gasteiger partial charge < -0.3 is 9.67 Å². The molecule has 1 aromatic heterocycles. The van der Waals surface area contributed by atoms with E-state index in [1.807, 2.05) is 0 Å². The van der Waals surface area contributed by atoms with Crippen LogP contribution in [0.3, 0.4) is 0 Å². The summed E-state index contributed by atoms with van der Waals surface area (Å²) in [5.41, 5.74) is 1.23. The van der Waals surface area contributed by atoms with E-state index in [1.54, 1.807) is 35.0 Å². The van der Waals surface area contributed by atoms with E-state index in [9.17, 15) is 9.90 Å². The Balaban J connectivity index is 2.06. The summed E-state index contributed by atoms with van der Waals surface area (Å²) in [6, 6.07) is 6.75. The Bertz CT molecular complexity index is 674. The highest BCUT2D eigenvalue weighted by Gasteiger charge is 2.12. The van der Waals surface area contributed by atoms with E-state index in [-0.39, 0.29) is 18.1 Å². The number of aromatic nitrogens is 2. The van der Waals surface area contributed by atoms with Crippen molar-refractivity contribution in [3.05, 3.63) is 46.7 Å². The van der Waals surface area contributed by atoms with Gasteiger partial charge in [0.2, 0.25) is 0 Å². The lowest BCUT2D eigenvalue weighted by atomic mass is 10.1. The lowest BCUT2D eigenvalue weighted by molar-refractivity contribution is 0.102. The quantitative estimate of drug-likeness (QED) is 0.505. The number of Topliss-reactive ketones (excluding diaryl/α,β-unsaturated/α-hetero) is 1. The van der Waals surface area contributed by atoms with Crippen LogP contribution in [0.4, 0.5) is 0 Å². The number of hydrogen-bond acceptors (Lipinski definition) is 4. The monoisotopic (exact) mass is 320 g/mol. The predicted octanol–water partition coefficient (Wildman–Crippen LogP) is 2.64. The zero-order chi connectivity index (χ0) is 15.2. The number of carbonyl (C=O) groups excluding carboxylic acids is 1. The smallest absolute Gasteiger partial charge is 0.173 e. The van der Waals surface area contributed by atoms with Gasteiger partial charge in [-0.15, -0.1) is 6.42 Å². The topological polar surface area (TPSA) is 55.1 Å². The van der Waals surface area contributed by atoms with Crippen LogP contribution in [0.2, 0.25) is 5.02 Å². The largest absolute Gasteiger partial charge is 0.390 e. The zero-order valence-corrected chi connectivity index (χ0v) is 12.7. The molecule has 1 N–H and O–H groups in total. The molecule has 0 spiro atoms.